The monoisotopic (exact) mass is 399 g/mol. The number of benzene rings is 2. The van der Waals surface area contributed by atoms with Gasteiger partial charge in [0.15, 0.2) is 34.4 Å². The van der Waals surface area contributed by atoms with Crippen molar-refractivity contribution in [3.8, 4) is 5.75 Å². The van der Waals surface area contributed by atoms with Gasteiger partial charge in [-0.1, -0.05) is 23.4 Å². The quantitative estimate of drug-likeness (QED) is 0.488. The number of rotatable bonds is 6. The van der Waals surface area contributed by atoms with Crippen molar-refractivity contribution in [1.29, 1.82) is 0 Å². The first-order valence-electron chi connectivity index (χ1n) is 8.63. The topological polar surface area (TPSA) is 81.6 Å². The van der Waals surface area contributed by atoms with E-state index < -0.39 is 23.3 Å². The SMILES string of the molecule is CN(Cc1nc2ccccc2o1)C(=O)c1cc(COc2c(F)cccc2F)on1. The van der Waals surface area contributed by atoms with E-state index in [0.717, 1.165) is 12.1 Å². The lowest BCUT2D eigenvalue weighted by atomic mass is 10.3. The smallest absolute Gasteiger partial charge is 0.276 e. The van der Waals surface area contributed by atoms with E-state index in [0.29, 0.717) is 17.0 Å². The Balaban J connectivity index is 1.41. The molecule has 2 aromatic heterocycles. The number of carbonyl (C=O) groups excluding carboxylic acids is 1. The number of para-hydroxylation sites is 3. The summed E-state index contributed by atoms with van der Waals surface area (Å²) in [4.78, 5) is 18.2. The Kier molecular flexibility index (Phi) is 4.94. The fraction of sp³-hybridized carbons (Fsp3) is 0.150. The van der Waals surface area contributed by atoms with E-state index in [1.165, 1.54) is 17.0 Å². The fourth-order valence-electron chi connectivity index (χ4n) is 2.70. The molecule has 0 saturated carbocycles. The Morgan fingerprint density at radius 2 is 1.90 bits per heavy atom. The molecule has 2 heterocycles. The molecule has 0 bridgehead atoms. The molecule has 4 rings (SSSR count). The molecule has 1 amide bonds. The molecule has 2 aromatic carbocycles. The van der Waals surface area contributed by atoms with Crippen LogP contribution in [0.5, 0.6) is 5.75 Å². The van der Waals surface area contributed by atoms with Gasteiger partial charge < -0.3 is 18.6 Å². The lowest BCUT2D eigenvalue weighted by Crippen LogP contribution is -2.26. The number of hydrogen-bond donors (Lipinski definition) is 0. The summed E-state index contributed by atoms with van der Waals surface area (Å²) in [6.45, 7) is -0.153. The minimum Gasteiger partial charge on any atom is -0.479 e. The highest BCUT2D eigenvalue weighted by Gasteiger charge is 2.20. The van der Waals surface area contributed by atoms with E-state index in [1.54, 1.807) is 13.1 Å². The molecule has 0 spiro atoms. The molecule has 0 unspecified atom stereocenters. The first kappa shape index (κ1) is 18.6. The van der Waals surface area contributed by atoms with E-state index in [4.69, 9.17) is 13.7 Å². The van der Waals surface area contributed by atoms with Gasteiger partial charge in [-0.15, -0.1) is 0 Å². The largest absolute Gasteiger partial charge is 0.479 e. The number of aromatic nitrogens is 2. The molecule has 29 heavy (non-hydrogen) atoms. The summed E-state index contributed by atoms with van der Waals surface area (Å²) in [7, 11) is 1.57. The zero-order valence-corrected chi connectivity index (χ0v) is 15.3. The number of hydrogen-bond acceptors (Lipinski definition) is 6. The van der Waals surface area contributed by atoms with Crippen LogP contribution in [0.4, 0.5) is 8.78 Å². The van der Waals surface area contributed by atoms with Crippen LogP contribution >= 0.6 is 0 Å². The Hall–Kier alpha value is -3.75. The first-order valence-corrected chi connectivity index (χ1v) is 8.63. The highest BCUT2D eigenvalue weighted by atomic mass is 19.1. The average molecular weight is 399 g/mol. The molecule has 0 aliphatic rings. The lowest BCUT2D eigenvalue weighted by molar-refractivity contribution is 0.0763. The number of oxazole rings is 1. The first-order chi connectivity index (χ1) is 14.0. The number of amides is 1. The highest BCUT2D eigenvalue weighted by molar-refractivity contribution is 5.92. The molecule has 0 radical (unpaired) electrons. The summed E-state index contributed by atoms with van der Waals surface area (Å²) < 4.78 is 42.9. The van der Waals surface area contributed by atoms with Crippen molar-refractivity contribution in [2.45, 2.75) is 13.2 Å². The van der Waals surface area contributed by atoms with Gasteiger partial charge in [0.05, 0.1) is 6.54 Å². The second kappa shape index (κ2) is 7.70. The molecule has 0 aliphatic carbocycles. The standard InChI is InChI=1S/C20H15F2N3O4/c1-25(10-18-23-15-7-2-3-8-17(15)28-18)20(26)16-9-12(29-24-16)11-27-19-13(21)5-4-6-14(19)22/h2-9H,10-11H2,1H3. The van der Waals surface area contributed by atoms with Crippen molar-refractivity contribution in [3.05, 3.63) is 77.5 Å². The Morgan fingerprint density at radius 1 is 1.14 bits per heavy atom. The van der Waals surface area contributed by atoms with Crippen molar-refractivity contribution >= 4 is 17.0 Å². The van der Waals surface area contributed by atoms with Gasteiger partial charge >= 0.3 is 0 Å². The molecule has 0 saturated heterocycles. The van der Waals surface area contributed by atoms with Crippen molar-refractivity contribution in [3.63, 3.8) is 0 Å². The van der Waals surface area contributed by atoms with Crippen LogP contribution in [0.2, 0.25) is 0 Å². The summed E-state index contributed by atoms with van der Waals surface area (Å²) >= 11 is 0. The lowest BCUT2D eigenvalue weighted by Gasteiger charge is -2.12. The van der Waals surface area contributed by atoms with E-state index in [-0.39, 0.29) is 24.6 Å². The van der Waals surface area contributed by atoms with Crippen LogP contribution in [0.3, 0.4) is 0 Å². The molecule has 4 aromatic rings. The maximum atomic E-state index is 13.6. The molecule has 0 N–H and O–H groups in total. The van der Waals surface area contributed by atoms with Gasteiger partial charge in [-0.05, 0) is 24.3 Å². The van der Waals surface area contributed by atoms with Gasteiger partial charge in [0.1, 0.15) is 12.1 Å². The maximum Gasteiger partial charge on any atom is 0.276 e. The molecule has 7 nitrogen and oxygen atoms in total. The maximum absolute atomic E-state index is 13.6. The number of nitrogens with zero attached hydrogens (tertiary/aromatic N) is 3. The summed E-state index contributed by atoms with van der Waals surface area (Å²) in [6.07, 6.45) is 0. The molecular formula is C20H15F2N3O4. The predicted molar refractivity (Wildman–Crippen MR) is 97.0 cm³/mol. The predicted octanol–water partition coefficient (Wildman–Crippen LogP) is 3.95. The molecular weight excluding hydrogens is 384 g/mol. The van der Waals surface area contributed by atoms with Gasteiger partial charge in [-0.2, -0.15) is 0 Å². The average Bonchev–Trinajstić information content (AvgIpc) is 3.33. The van der Waals surface area contributed by atoms with E-state index in [9.17, 15) is 13.6 Å². The molecule has 0 fully saturated rings. The number of ether oxygens (including phenoxy) is 1. The van der Waals surface area contributed by atoms with Crippen molar-refractivity contribution < 1.29 is 27.3 Å². The normalized spacial score (nSPS) is 11.0. The third-order valence-electron chi connectivity index (χ3n) is 4.11. The Morgan fingerprint density at radius 3 is 2.66 bits per heavy atom. The van der Waals surface area contributed by atoms with Crippen LogP contribution in [0.25, 0.3) is 11.1 Å². The molecule has 0 aliphatic heterocycles. The van der Waals surface area contributed by atoms with Crippen LogP contribution < -0.4 is 4.74 Å². The van der Waals surface area contributed by atoms with Crippen molar-refractivity contribution in [1.82, 2.24) is 15.0 Å². The van der Waals surface area contributed by atoms with Gasteiger partial charge in [-0.25, -0.2) is 13.8 Å². The third kappa shape index (κ3) is 3.93. The van der Waals surface area contributed by atoms with Crippen molar-refractivity contribution in [2.24, 2.45) is 0 Å². The van der Waals surface area contributed by atoms with Crippen LogP contribution in [0.15, 0.2) is 57.5 Å². The summed E-state index contributed by atoms with van der Waals surface area (Å²) in [5.74, 6) is -2.10. The number of carbonyl (C=O) groups is 1. The minimum absolute atomic E-state index is 0.0243. The van der Waals surface area contributed by atoms with Crippen LogP contribution in [0, 0.1) is 11.6 Å². The van der Waals surface area contributed by atoms with Gasteiger partial charge in [0.2, 0.25) is 5.89 Å². The third-order valence-corrected chi connectivity index (χ3v) is 4.11. The summed E-state index contributed by atoms with van der Waals surface area (Å²) in [5, 5.41) is 3.69. The number of fused-ring (bicyclic) bond motifs is 1. The molecule has 148 valence electrons. The molecule has 9 heteroatoms. The van der Waals surface area contributed by atoms with Crippen LogP contribution in [0.1, 0.15) is 22.1 Å². The van der Waals surface area contributed by atoms with Crippen molar-refractivity contribution in [2.75, 3.05) is 7.05 Å². The van der Waals surface area contributed by atoms with E-state index >= 15 is 0 Å². The van der Waals surface area contributed by atoms with Gasteiger partial charge in [-0.3, -0.25) is 4.79 Å². The highest BCUT2D eigenvalue weighted by Crippen LogP contribution is 2.22. The van der Waals surface area contributed by atoms with E-state index in [1.807, 2.05) is 18.2 Å². The number of halogens is 2. The van der Waals surface area contributed by atoms with Crippen LogP contribution in [-0.4, -0.2) is 28.0 Å². The summed E-state index contributed by atoms with van der Waals surface area (Å²) in [5.41, 5.74) is 1.35. The molecule has 0 atom stereocenters. The zero-order valence-electron chi connectivity index (χ0n) is 15.3. The van der Waals surface area contributed by atoms with Crippen LogP contribution in [-0.2, 0) is 13.2 Å². The van der Waals surface area contributed by atoms with Gasteiger partial charge in [0, 0.05) is 13.1 Å². The second-order valence-electron chi connectivity index (χ2n) is 6.25. The fourth-order valence-corrected chi connectivity index (χ4v) is 2.70. The van der Waals surface area contributed by atoms with E-state index in [2.05, 4.69) is 10.1 Å². The Bertz CT molecular complexity index is 1120. The zero-order chi connectivity index (χ0) is 20.4. The minimum atomic E-state index is -0.834. The second-order valence-corrected chi connectivity index (χ2v) is 6.25. The Labute approximate surface area is 163 Å². The van der Waals surface area contributed by atoms with Gasteiger partial charge in [0.25, 0.3) is 5.91 Å². The summed E-state index contributed by atoms with van der Waals surface area (Å²) in [6, 6.07) is 12.0.